The Hall–Kier alpha value is -6.98. The third-order valence-electron chi connectivity index (χ3n) is 14.3. The number of fused-ring (bicyclic) bond motifs is 7. The first kappa shape index (κ1) is 42.6. The number of para-hydroxylation sites is 2. The van der Waals surface area contributed by atoms with Crippen molar-refractivity contribution in [3.63, 3.8) is 0 Å². The number of hydrogen-bond donors (Lipinski definition) is 0. The summed E-state index contributed by atoms with van der Waals surface area (Å²) in [5.41, 5.74) is 21.7. The molecule has 0 bridgehead atoms. The van der Waals surface area contributed by atoms with Crippen LogP contribution in [0.4, 0.5) is 51.2 Å². The van der Waals surface area contributed by atoms with Crippen LogP contribution in [0.2, 0.25) is 0 Å². The van der Waals surface area contributed by atoms with E-state index in [0.29, 0.717) is 0 Å². The molecule has 4 nitrogen and oxygen atoms in total. The Labute approximate surface area is 397 Å². The highest BCUT2D eigenvalue weighted by Gasteiger charge is 2.45. The Morgan fingerprint density at radius 1 is 0.507 bits per heavy atom. The smallest absolute Gasteiger partial charge is 0.252 e. The van der Waals surface area contributed by atoms with E-state index in [-0.39, 0.29) is 17.5 Å². The molecule has 11 rings (SSSR count). The third-order valence-corrected chi connectivity index (χ3v) is 14.3. The van der Waals surface area contributed by atoms with Gasteiger partial charge in [0.05, 0.1) is 0 Å². The molecule has 0 fully saturated rings. The van der Waals surface area contributed by atoms with E-state index in [1.807, 2.05) is 0 Å². The average Bonchev–Trinajstić information content (AvgIpc) is 3.70. The van der Waals surface area contributed by atoms with Gasteiger partial charge in [-0.05, 0) is 160 Å². The van der Waals surface area contributed by atoms with Gasteiger partial charge in [-0.15, -0.1) is 0 Å². The number of nitrogens with zero attached hydrogens (tertiary/aromatic N) is 3. The summed E-state index contributed by atoms with van der Waals surface area (Å²) in [5, 5.41) is 2.33. The summed E-state index contributed by atoms with van der Waals surface area (Å²) in [4.78, 5) is 7.53. The first-order valence-electron chi connectivity index (χ1n) is 24.4. The lowest BCUT2D eigenvalue weighted by molar-refractivity contribution is 0.590. The number of unbranched alkanes of at least 4 members (excludes halogenated alkanes) is 1. The first-order chi connectivity index (χ1) is 32.4. The van der Waals surface area contributed by atoms with E-state index in [0.717, 1.165) is 57.8 Å². The summed E-state index contributed by atoms with van der Waals surface area (Å²) >= 11 is 0. The maximum absolute atomic E-state index is 6.52. The van der Waals surface area contributed by atoms with Crippen molar-refractivity contribution < 1.29 is 4.42 Å². The van der Waals surface area contributed by atoms with Gasteiger partial charge in [-0.25, -0.2) is 0 Å². The largest absolute Gasteiger partial charge is 0.456 e. The van der Waals surface area contributed by atoms with Crippen LogP contribution in [0.1, 0.15) is 90.5 Å². The summed E-state index contributed by atoms with van der Waals surface area (Å²) < 4.78 is 6.52. The van der Waals surface area contributed by atoms with E-state index >= 15 is 0 Å². The van der Waals surface area contributed by atoms with Crippen molar-refractivity contribution >= 4 is 96.2 Å². The maximum atomic E-state index is 6.52. The summed E-state index contributed by atoms with van der Waals surface area (Å²) in [6, 6.07) is 63.8. The molecular formula is C62H60BN3O. The molecule has 0 saturated carbocycles. The highest BCUT2D eigenvalue weighted by Crippen LogP contribution is 2.48. The number of benzene rings is 8. The van der Waals surface area contributed by atoms with E-state index in [4.69, 9.17) is 4.42 Å². The maximum Gasteiger partial charge on any atom is 0.252 e. The molecule has 0 unspecified atom stereocenters. The molecule has 0 saturated heterocycles. The molecule has 1 aromatic heterocycles. The van der Waals surface area contributed by atoms with Gasteiger partial charge >= 0.3 is 0 Å². The molecule has 8 aromatic carbocycles. The molecule has 67 heavy (non-hydrogen) atoms. The Morgan fingerprint density at radius 3 is 1.79 bits per heavy atom. The number of hydrogen-bond acceptors (Lipinski definition) is 4. The topological polar surface area (TPSA) is 22.9 Å². The average molecular weight is 874 g/mol. The lowest BCUT2D eigenvalue weighted by Gasteiger charge is -2.45. The van der Waals surface area contributed by atoms with Crippen LogP contribution in [0.25, 0.3) is 21.9 Å². The minimum Gasteiger partial charge on any atom is -0.456 e. The number of rotatable bonds is 9. The molecule has 0 atom stereocenters. The van der Waals surface area contributed by atoms with E-state index in [2.05, 4.69) is 240 Å². The van der Waals surface area contributed by atoms with Crippen molar-refractivity contribution in [3.05, 3.63) is 192 Å². The normalized spacial score (nSPS) is 13.2. The monoisotopic (exact) mass is 873 g/mol. The highest BCUT2D eigenvalue weighted by atomic mass is 16.3. The molecule has 0 spiro atoms. The van der Waals surface area contributed by atoms with Crippen LogP contribution in [0, 0.1) is 0 Å². The minimum atomic E-state index is -0.0492. The van der Waals surface area contributed by atoms with Crippen LogP contribution in [0.3, 0.4) is 0 Å². The van der Waals surface area contributed by atoms with E-state index in [9.17, 15) is 0 Å². The van der Waals surface area contributed by atoms with Gasteiger partial charge in [-0.2, -0.15) is 0 Å². The van der Waals surface area contributed by atoms with Crippen molar-refractivity contribution in [2.75, 3.05) is 14.7 Å². The molecule has 2 aliphatic rings. The zero-order chi connectivity index (χ0) is 46.2. The van der Waals surface area contributed by atoms with Gasteiger partial charge in [0.2, 0.25) is 0 Å². The van der Waals surface area contributed by atoms with Gasteiger partial charge in [-0.3, -0.25) is 0 Å². The van der Waals surface area contributed by atoms with E-state index < -0.39 is 0 Å². The predicted molar refractivity (Wildman–Crippen MR) is 288 cm³/mol. The summed E-state index contributed by atoms with van der Waals surface area (Å²) in [7, 11) is 0. The lowest BCUT2D eigenvalue weighted by Crippen LogP contribution is -2.61. The molecule has 9 aromatic rings. The third kappa shape index (κ3) is 7.31. The highest BCUT2D eigenvalue weighted by molar-refractivity contribution is 7.00. The molecule has 332 valence electrons. The Bertz CT molecular complexity index is 3260. The van der Waals surface area contributed by atoms with Crippen LogP contribution in [-0.4, -0.2) is 6.71 Å². The first-order valence-corrected chi connectivity index (χ1v) is 24.4. The van der Waals surface area contributed by atoms with Gasteiger partial charge in [0, 0.05) is 62.0 Å². The van der Waals surface area contributed by atoms with Gasteiger partial charge < -0.3 is 19.1 Å². The van der Waals surface area contributed by atoms with Crippen LogP contribution in [-0.2, 0) is 23.7 Å². The quantitative estimate of drug-likeness (QED) is 0.135. The van der Waals surface area contributed by atoms with Crippen LogP contribution in [0.15, 0.2) is 174 Å². The molecule has 2 aliphatic heterocycles. The SMILES string of the molecule is CCCCc1ccc2oc3ccc(N4c5ccc(C(C)(C)C)cc5B5c6ccc(N(c7ccccc7)c7ccccc7)cc6N(c6ccc(C(C)(C)C)cc6)c6c(CC)ccc4c65)cc3c2c1. The van der Waals surface area contributed by atoms with Crippen LogP contribution in [0.5, 0.6) is 0 Å². The Balaban J connectivity index is 1.19. The molecular weight excluding hydrogens is 814 g/mol. The summed E-state index contributed by atoms with van der Waals surface area (Å²) in [5.74, 6) is 0. The Morgan fingerprint density at radius 2 is 1.13 bits per heavy atom. The second-order valence-electron chi connectivity index (χ2n) is 20.8. The zero-order valence-corrected chi connectivity index (χ0v) is 40.3. The number of aryl methyl sites for hydroxylation is 2. The second kappa shape index (κ2) is 16.4. The van der Waals surface area contributed by atoms with Gasteiger partial charge in [-0.1, -0.05) is 141 Å². The van der Waals surface area contributed by atoms with Crippen molar-refractivity contribution in [2.45, 2.75) is 91.9 Å². The zero-order valence-electron chi connectivity index (χ0n) is 40.3. The van der Waals surface area contributed by atoms with Crippen LogP contribution < -0.4 is 31.1 Å². The fraction of sp³-hybridized carbons (Fsp3) is 0.226. The van der Waals surface area contributed by atoms with Crippen molar-refractivity contribution in [3.8, 4) is 0 Å². The van der Waals surface area contributed by atoms with Crippen molar-refractivity contribution in [1.82, 2.24) is 0 Å². The second-order valence-corrected chi connectivity index (χ2v) is 20.8. The molecule has 5 heteroatoms. The number of anilines is 9. The molecule has 0 N–H and O–H groups in total. The fourth-order valence-electron chi connectivity index (χ4n) is 10.7. The summed E-state index contributed by atoms with van der Waals surface area (Å²) in [6.07, 6.45) is 4.31. The van der Waals surface area contributed by atoms with Crippen molar-refractivity contribution in [1.29, 1.82) is 0 Å². The van der Waals surface area contributed by atoms with Gasteiger partial charge in [0.1, 0.15) is 11.2 Å². The summed E-state index contributed by atoms with van der Waals surface area (Å²) in [6.45, 7) is 18.5. The molecule has 0 amide bonds. The minimum absolute atomic E-state index is 0.0132. The van der Waals surface area contributed by atoms with E-state index in [1.165, 1.54) is 79.6 Å². The molecule has 3 heterocycles. The van der Waals surface area contributed by atoms with Crippen molar-refractivity contribution in [2.24, 2.45) is 0 Å². The van der Waals surface area contributed by atoms with Crippen LogP contribution >= 0.6 is 0 Å². The van der Waals surface area contributed by atoms with E-state index in [1.54, 1.807) is 0 Å². The predicted octanol–water partition coefficient (Wildman–Crippen LogP) is 15.6. The van der Waals surface area contributed by atoms with Gasteiger partial charge in [0.25, 0.3) is 6.71 Å². The molecule has 0 radical (unpaired) electrons. The lowest BCUT2D eigenvalue weighted by atomic mass is 9.33. The standard InChI is InChI=1S/C62H60BN3O/c1-9-11-18-41-23-35-57-50(37-41)51-39-48(31-36-58(51)67-57)65-54-34-27-44(62(6,7)8)38-53(54)63-52-32-30-49(64(45-19-14-12-15-20-45)46-21-16-13-17-22-46)40-56(52)66(47-28-25-43(26-29-47)61(3,4)5)60-42(10-2)24-33-55(65)59(60)63/h12-17,19-40H,9-11,18H2,1-8H3. The number of furan rings is 1. The fourth-order valence-corrected chi connectivity index (χ4v) is 10.7. The Kier molecular flexibility index (Phi) is 10.4. The van der Waals surface area contributed by atoms with Gasteiger partial charge in [0.15, 0.2) is 0 Å². The molecule has 0 aliphatic carbocycles.